The topological polar surface area (TPSA) is 41.5 Å². The number of aliphatic imine (C=N–C) groups is 1. The number of para-hydroxylation sites is 1. The molecule has 1 aromatic rings. The molecule has 1 aromatic carbocycles. The van der Waals surface area contributed by atoms with Crippen LogP contribution in [-0.2, 0) is 4.79 Å². The smallest absolute Gasteiger partial charge is 0.237 e. The molecular weight excluding hydrogens is 236 g/mol. The van der Waals surface area contributed by atoms with E-state index in [4.69, 9.17) is 4.99 Å². The fourth-order valence-electron chi connectivity index (χ4n) is 3.10. The summed E-state index contributed by atoms with van der Waals surface area (Å²) in [5.41, 5.74) is 1.99. The van der Waals surface area contributed by atoms with Crippen LogP contribution in [0.2, 0.25) is 0 Å². The summed E-state index contributed by atoms with van der Waals surface area (Å²) in [6.07, 6.45) is 6.87. The van der Waals surface area contributed by atoms with Gasteiger partial charge in [-0.15, -0.1) is 0 Å². The summed E-state index contributed by atoms with van der Waals surface area (Å²) in [5, 5.41) is 2.92. The number of anilines is 1. The van der Waals surface area contributed by atoms with Gasteiger partial charge in [-0.25, -0.2) is 0 Å². The third-order valence-corrected chi connectivity index (χ3v) is 4.33. The minimum Gasteiger partial charge on any atom is -0.325 e. The molecular formula is C16H20N2O. The van der Waals surface area contributed by atoms with E-state index in [0.29, 0.717) is 12.0 Å². The highest BCUT2D eigenvalue weighted by molar-refractivity contribution is 6.12. The summed E-state index contributed by atoms with van der Waals surface area (Å²) in [6.45, 7) is 2.27. The fraction of sp³-hybridized carbons (Fsp3) is 0.500. The van der Waals surface area contributed by atoms with Crippen LogP contribution in [0.5, 0.6) is 0 Å². The number of hydrogen-bond acceptors (Lipinski definition) is 2. The molecule has 0 spiro atoms. The van der Waals surface area contributed by atoms with E-state index >= 15 is 0 Å². The molecule has 1 saturated carbocycles. The van der Waals surface area contributed by atoms with Crippen LogP contribution in [0.25, 0.3) is 0 Å². The minimum atomic E-state index is -0.203. The molecule has 3 rings (SSSR count). The van der Waals surface area contributed by atoms with Crippen molar-refractivity contribution < 1.29 is 4.79 Å². The van der Waals surface area contributed by atoms with E-state index in [2.05, 4.69) is 12.2 Å². The number of fused-ring (bicyclic) bond motifs is 1. The highest BCUT2D eigenvalue weighted by atomic mass is 16.2. The lowest BCUT2D eigenvalue weighted by Gasteiger charge is -2.25. The van der Waals surface area contributed by atoms with Gasteiger partial charge in [0, 0.05) is 11.9 Å². The SMILES string of the molecule is C[C@@H]1CCCC[C@@H]1N=CC1C(=O)Nc2ccccc21. The molecule has 0 aromatic heterocycles. The highest BCUT2D eigenvalue weighted by Gasteiger charge is 2.29. The zero-order chi connectivity index (χ0) is 13.2. The summed E-state index contributed by atoms with van der Waals surface area (Å²) < 4.78 is 0. The van der Waals surface area contributed by atoms with E-state index in [1.54, 1.807) is 0 Å². The third kappa shape index (κ3) is 2.42. The summed E-state index contributed by atoms with van der Waals surface area (Å²) in [7, 11) is 0. The molecule has 1 N–H and O–H groups in total. The Morgan fingerprint density at radius 2 is 2.05 bits per heavy atom. The minimum absolute atomic E-state index is 0.0495. The number of nitrogens with zero attached hydrogens (tertiary/aromatic N) is 1. The van der Waals surface area contributed by atoms with Crippen molar-refractivity contribution in [3.8, 4) is 0 Å². The van der Waals surface area contributed by atoms with Crippen LogP contribution in [0.15, 0.2) is 29.3 Å². The molecule has 0 radical (unpaired) electrons. The Hall–Kier alpha value is -1.64. The summed E-state index contributed by atoms with van der Waals surface area (Å²) in [5.74, 6) is 0.489. The van der Waals surface area contributed by atoms with Gasteiger partial charge in [-0.05, 0) is 30.4 Å². The predicted octanol–water partition coefficient (Wildman–Crippen LogP) is 3.37. The second kappa shape index (κ2) is 5.16. The molecule has 3 nitrogen and oxygen atoms in total. The molecule has 1 amide bonds. The first-order chi connectivity index (χ1) is 9.25. The molecule has 100 valence electrons. The summed E-state index contributed by atoms with van der Waals surface area (Å²) >= 11 is 0. The Labute approximate surface area is 114 Å². The van der Waals surface area contributed by atoms with Crippen LogP contribution < -0.4 is 5.32 Å². The third-order valence-electron chi connectivity index (χ3n) is 4.33. The predicted molar refractivity (Wildman–Crippen MR) is 77.7 cm³/mol. The van der Waals surface area contributed by atoms with Crippen molar-refractivity contribution in [1.29, 1.82) is 0 Å². The highest BCUT2D eigenvalue weighted by Crippen LogP contribution is 2.32. The number of rotatable bonds is 2. The van der Waals surface area contributed by atoms with Crippen molar-refractivity contribution in [1.82, 2.24) is 0 Å². The van der Waals surface area contributed by atoms with Crippen molar-refractivity contribution in [3.05, 3.63) is 29.8 Å². The zero-order valence-corrected chi connectivity index (χ0v) is 11.3. The van der Waals surface area contributed by atoms with E-state index in [1.165, 1.54) is 19.3 Å². The molecule has 1 fully saturated rings. The normalized spacial score (nSPS) is 30.4. The summed E-state index contributed by atoms with van der Waals surface area (Å²) in [6, 6.07) is 8.28. The van der Waals surface area contributed by atoms with E-state index in [0.717, 1.165) is 17.7 Å². The monoisotopic (exact) mass is 256 g/mol. The molecule has 19 heavy (non-hydrogen) atoms. The van der Waals surface area contributed by atoms with Crippen LogP contribution in [0.1, 0.15) is 44.1 Å². The fourth-order valence-corrected chi connectivity index (χ4v) is 3.10. The molecule has 1 heterocycles. The second-order valence-corrected chi connectivity index (χ2v) is 5.68. The van der Waals surface area contributed by atoms with Crippen LogP contribution in [-0.4, -0.2) is 18.2 Å². The average molecular weight is 256 g/mol. The van der Waals surface area contributed by atoms with Crippen molar-refractivity contribution in [3.63, 3.8) is 0 Å². The van der Waals surface area contributed by atoms with Crippen LogP contribution in [0.4, 0.5) is 5.69 Å². The number of carbonyl (C=O) groups excluding carboxylic acids is 1. The van der Waals surface area contributed by atoms with E-state index in [-0.39, 0.29) is 11.8 Å². The van der Waals surface area contributed by atoms with Gasteiger partial charge < -0.3 is 5.32 Å². The van der Waals surface area contributed by atoms with Crippen molar-refractivity contribution in [2.75, 3.05) is 5.32 Å². The quantitative estimate of drug-likeness (QED) is 0.810. The second-order valence-electron chi connectivity index (χ2n) is 5.68. The Balaban J connectivity index is 1.77. The Morgan fingerprint density at radius 3 is 2.89 bits per heavy atom. The van der Waals surface area contributed by atoms with Gasteiger partial charge in [-0.1, -0.05) is 38.0 Å². The molecule has 3 heteroatoms. The number of nitrogens with one attached hydrogen (secondary N) is 1. The maximum Gasteiger partial charge on any atom is 0.237 e. The molecule has 1 unspecified atom stereocenters. The Morgan fingerprint density at radius 1 is 1.26 bits per heavy atom. The molecule has 1 aliphatic carbocycles. The lowest BCUT2D eigenvalue weighted by Crippen LogP contribution is -2.22. The van der Waals surface area contributed by atoms with Gasteiger partial charge >= 0.3 is 0 Å². The molecule has 2 aliphatic rings. The van der Waals surface area contributed by atoms with Crippen LogP contribution in [0, 0.1) is 5.92 Å². The average Bonchev–Trinajstić information content (AvgIpc) is 2.74. The number of hydrogen-bond donors (Lipinski definition) is 1. The Bertz CT molecular complexity index is 509. The van der Waals surface area contributed by atoms with Gasteiger partial charge in [-0.2, -0.15) is 0 Å². The van der Waals surface area contributed by atoms with Gasteiger partial charge in [0.15, 0.2) is 0 Å². The van der Waals surface area contributed by atoms with Crippen LogP contribution in [0.3, 0.4) is 0 Å². The van der Waals surface area contributed by atoms with Crippen molar-refractivity contribution in [2.24, 2.45) is 10.9 Å². The largest absolute Gasteiger partial charge is 0.325 e. The van der Waals surface area contributed by atoms with Gasteiger partial charge in [0.1, 0.15) is 5.92 Å². The standard InChI is InChI=1S/C16H20N2O/c1-11-6-2-4-8-14(11)17-10-13-12-7-3-5-9-15(12)18-16(13)19/h3,5,7,9-11,13-14H,2,4,6,8H2,1H3,(H,18,19)/t11-,13?,14+/m1/s1. The van der Waals surface area contributed by atoms with Gasteiger partial charge in [0.05, 0.1) is 6.04 Å². The lowest BCUT2D eigenvalue weighted by atomic mass is 9.86. The van der Waals surface area contributed by atoms with E-state index in [1.807, 2.05) is 30.5 Å². The first kappa shape index (κ1) is 12.4. The summed E-state index contributed by atoms with van der Waals surface area (Å²) in [4.78, 5) is 16.7. The first-order valence-electron chi connectivity index (χ1n) is 7.19. The number of benzene rings is 1. The van der Waals surface area contributed by atoms with Crippen molar-refractivity contribution in [2.45, 2.75) is 44.6 Å². The maximum absolute atomic E-state index is 12.0. The van der Waals surface area contributed by atoms with E-state index in [9.17, 15) is 4.79 Å². The number of carbonyl (C=O) groups is 1. The van der Waals surface area contributed by atoms with Gasteiger partial charge in [-0.3, -0.25) is 9.79 Å². The van der Waals surface area contributed by atoms with Gasteiger partial charge in [0.2, 0.25) is 5.91 Å². The molecule has 3 atom stereocenters. The zero-order valence-electron chi connectivity index (χ0n) is 11.3. The van der Waals surface area contributed by atoms with E-state index < -0.39 is 0 Å². The maximum atomic E-state index is 12.0. The lowest BCUT2D eigenvalue weighted by molar-refractivity contribution is -0.115. The molecule has 1 aliphatic heterocycles. The Kier molecular flexibility index (Phi) is 3.36. The first-order valence-corrected chi connectivity index (χ1v) is 7.19. The van der Waals surface area contributed by atoms with Gasteiger partial charge in [0.25, 0.3) is 0 Å². The van der Waals surface area contributed by atoms with Crippen LogP contribution >= 0.6 is 0 Å². The molecule has 0 bridgehead atoms. The molecule has 0 saturated heterocycles. The van der Waals surface area contributed by atoms with Crippen molar-refractivity contribution >= 4 is 17.8 Å². The number of amides is 1.